The first-order valence-corrected chi connectivity index (χ1v) is 11.0. The normalized spacial score (nSPS) is 21.8. The molecule has 1 N–H and O–H groups in total. The number of ketones is 1. The average molecular weight is 473 g/mol. The van der Waals surface area contributed by atoms with Gasteiger partial charge in [0.25, 0.3) is 0 Å². The molecule has 0 radical (unpaired) electrons. The second-order valence-electron chi connectivity index (χ2n) is 9.04. The molecular formula is C24H22Cl2N2O4. The number of fused-ring (bicyclic) bond motifs is 2. The Labute approximate surface area is 195 Å². The van der Waals surface area contributed by atoms with Crippen molar-refractivity contribution in [1.29, 1.82) is 0 Å². The summed E-state index contributed by atoms with van der Waals surface area (Å²) in [7, 11) is 0. The maximum Gasteiger partial charge on any atom is 0.337 e. The first kappa shape index (κ1) is 22.5. The van der Waals surface area contributed by atoms with Gasteiger partial charge in [-0.2, -0.15) is 0 Å². The number of nitrogens with zero attached hydrogens (tertiary/aromatic N) is 2. The summed E-state index contributed by atoms with van der Waals surface area (Å²) in [6.45, 7) is 5.34. The van der Waals surface area contributed by atoms with E-state index >= 15 is 0 Å². The van der Waals surface area contributed by atoms with Gasteiger partial charge in [-0.25, -0.2) is 4.79 Å². The standard InChI is InChI=1S/C24H22Cl2N2O4/c1-12(29)28-21-15(23(31)32)5-4-6-17(21)27-18-10-24(2,3)11-19(30)20(18)22(28)14-8-7-13(25)9-16(14)26/h4-9,20,22H,10-11H2,1-3H3,(H,31,32). The quantitative estimate of drug-likeness (QED) is 0.591. The number of carbonyl (C=O) groups is 3. The Balaban J connectivity index is 2.08. The third-order valence-corrected chi connectivity index (χ3v) is 6.55. The van der Waals surface area contributed by atoms with Crippen LogP contribution in [0, 0.1) is 11.3 Å². The van der Waals surface area contributed by atoms with Crippen LogP contribution in [-0.2, 0) is 9.59 Å². The molecule has 4 rings (SSSR count). The third kappa shape index (κ3) is 3.82. The summed E-state index contributed by atoms with van der Waals surface area (Å²) in [4.78, 5) is 44.8. The Hall–Kier alpha value is -2.70. The first-order chi connectivity index (χ1) is 15.0. The van der Waals surface area contributed by atoms with E-state index in [-0.39, 0.29) is 22.4 Å². The second kappa shape index (κ2) is 8.01. The van der Waals surface area contributed by atoms with Crippen LogP contribution in [0.1, 0.15) is 55.6 Å². The van der Waals surface area contributed by atoms with Crippen LogP contribution in [0.25, 0.3) is 0 Å². The molecule has 2 unspecified atom stereocenters. The van der Waals surface area contributed by atoms with E-state index < -0.39 is 23.8 Å². The fourth-order valence-electron chi connectivity index (χ4n) is 4.80. The number of halogens is 2. The number of carbonyl (C=O) groups excluding carboxylic acids is 2. The molecule has 166 valence electrons. The van der Waals surface area contributed by atoms with Gasteiger partial charge in [0, 0.05) is 29.1 Å². The molecule has 6 nitrogen and oxygen atoms in total. The third-order valence-electron chi connectivity index (χ3n) is 5.98. The number of aromatic carboxylic acids is 1. The molecule has 1 saturated carbocycles. The molecule has 1 aliphatic heterocycles. The Morgan fingerprint density at radius 3 is 2.50 bits per heavy atom. The van der Waals surface area contributed by atoms with Crippen molar-refractivity contribution in [2.24, 2.45) is 16.3 Å². The van der Waals surface area contributed by atoms with Crippen LogP contribution in [0.15, 0.2) is 41.4 Å². The van der Waals surface area contributed by atoms with Crippen LogP contribution in [0.4, 0.5) is 11.4 Å². The van der Waals surface area contributed by atoms with E-state index in [0.29, 0.717) is 39.8 Å². The predicted molar refractivity (Wildman–Crippen MR) is 124 cm³/mol. The molecule has 0 aromatic heterocycles. The summed E-state index contributed by atoms with van der Waals surface area (Å²) in [5.41, 5.74) is 1.27. The largest absolute Gasteiger partial charge is 0.478 e. The maximum absolute atomic E-state index is 13.5. The molecule has 2 aromatic rings. The molecule has 2 aromatic carbocycles. The molecule has 32 heavy (non-hydrogen) atoms. The number of aliphatic imine (C=N–C) groups is 1. The highest BCUT2D eigenvalue weighted by molar-refractivity contribution is 6.35. The van der Waals surface area contributed by atoms with Gasteiger partial charge in [0.2, 0.25) is 5.91 Å². The number of benzene rings is 2. The molecule has 8 heteroatoms. The van der Waals surface area contributed by atoms with Crippen LogP contribution in [0.5, 0.6) is 0 Å². The van der Waals surface area contributed by atoms with Crippen molar-refractivity contribution in [2.75, 3.05) is 4.90 Å². The van der Waals surface area contributed by atoms with Crippen LogP contribution in [0.3, 0.4) is 0 Å². The van der Waals surface area contributed by atoms with Crippen molar-refractivity contribution in [2.45, 2.75) is 39.7 Å². The summed E-state index contributed by atoms with van der Waals surface area (Å²) in [5.74, 6) is -2.41. The molecule has 0 bridgehead atoms. The van der Waals surface area contributed by atoms with Gasteiger partial charge in [0.05, 0.1) is 28.9 Å². The summed E-state index contributed by atoms with van der Waals surface area (Å²) in [6, 6.07) is 8.72. The van der Waals surface area contributed by atoms with Crippen LogP contribution in [0.2, 0.25) is 10.0 Å². The van der Waals surface area contributed by atoms with Crippen LogP contribution >= 0.6 is 23.2 Å². The van der Waals surface area contributed by atoms with Crippen molar-refractivity contribution in [1.82, 2.24) is 0 Å². The smallest absolute Gasteiger partial charge is 0.337 e. The molecule has 0 saturated heterocycles. The van der Waals surface area contributed by atoms with Crippen molar-refractivity contribution >= 4 is 57.9 Å². The number of hydrogen-bond donors (Lipinski definition) is 1. The van der Waals surface area contributed by atoms with E-state index in [2.05, 4.69) is 0 Å². The Kier molecular flexibility index (Phi) is 5.63. The van der Waals surface area contributed by atoms with Gasteiger partial charge >= 0.3 is 5.97 Å². The second-order valence-corrected chi connectivity index (χ2v) is 9.89. The van der Waals surface area contributed by atoms with Gasteiger partial charge in [-0.15, -0.1) is 0 Å². The van der Waals surface area contributed by atoms with Crippen molar-refractivity contribution in [3.8, 4) is 0 Å². The first-order valence-electron chi connectivity index (χ1n) is 10.2. The predicted octanol–water partition coefficient (Wildman–Crippen LogP) is 5.88. The SMILES string of the molecule is CC(=O)N1c2c(cccc2C(=O)O)N=C2CC(C)(C)CC(=O)C2C1c1ccc(Cl)cc1Cl. The van der Waals surface area contributed by atoms with Gasteiger partial charge in [-0.1, -0.05) is 49.2 Å². The number of para-hydroxylation sites is 1. The summed E-state index contributed by atoms with van der Waals surface area (Å²) < 4.78 is 0. The highest BCUT2D eigenvalue weighted by Gasteiger charge is 2.48. The fraction of sp³-hybridized carbons (Fsp3) is 0.333. The van der Waals surface area contributed by atoms with Crippen LogP contribution in [-0.4, -0.2) is 28.5 Å². The average Bonchev–Trinajstić information content (AvgIpc) is 2.80. The number of hydrogen-bond acceptors (Lipinski definition) is 4. The van der Waals surface area contributed by atoms with Gasteiger partial charge in [0.1, 0.15) is 5.78 Å². The van der Waals surface area contributed by atoms with E-state index in [9.17, 15) is 19.5 Å². The highest BCUT2D eigenvalue weighted by atomic mass is 35.5. The molecule has 1 fully saturated rings. The van der Waals surface area contributed by atoms with Crippen LogP contribution < -0.4 is 4.90 Å². The van der Waals surface area contributed by atoms with Gasteiger partial charge < -0.3 is 10.0 Å². The Bertz CT molecular complexity index is 1190. The monoisotopic (exact) mass is 472 g/mol. The van der Waals surface area contributed by atoms with Gasteiger partial charge in [0.15, 0.2) is 0 Å². The van der Waals surface area contributed by atoms with Gasteiger partial charge in [-0.3, -0.25) is 14.6 Å². The van der Waals surface area contributed by atoms with Crippen molar-refractivity contribution in [3.05, 3.63) is 57.6 Å². The molecule has 2 atom stereocenters. The van der Waals surface area contributed by atoms with E-state index in [1.54, 1.807) is 30.3 Å². The number of carboxylic acid groups (broad SMARTS) is 1. The highest BCUT2D eigenvalue weighted by Crippen LogP contribution is 2.50. The zero-order valence-corrected chi connectivity index (χ0v) is 19.4. The summed E-state index contributed by atoms with van der Waals surface area (Å²) in [6.07, 6.45) is 0.847. The lowest BCUT2D eigenvalue weighted by Crippen LogP contribution is -2.47. The van der Waals surface area contributed by atoms with E-state index in [1.807, 2.05) is 13.8 Å². The van der Waals surface area contributed by atoms with Gasteiger partial charge in [-0.05, 0) is 41.7 Å². The number of rotatable bonds is 2. The molecule has 1 heterocycles. The maximum atomic E-state index is 13.5. The minimum absolute atomic E-state index is 0.0630. The lowest BCUT2D eigenvalue weighted by molar-refractivity contribution is -0.124. The minimum atomic E-state index is -1.19. The molecule has 2 aliphatic rings. The lowest BCUT2D eigenvalue weighted by Gasteiger charge is -2.41. The number of Topliss-reactive ketones (excluding diaryl/α,β-unsaturated/α-hetero) is 1. The zero-order valence-electron chi connectivity index (χ0n) is 17.9. The van der Waals surface area contributed by atoms with E-state index in [4.69, 9.17) is 28.2 Å². The topological polar surface area (TPSA) is 87.0 Å². The number of amides is 1. The molecular weight excluding hydrogens is 451 g/mol. The molecule has 1 aliphatic carbocycles. The minimum Gasteiger partial charge on any atom is -0.478 e. The number of carboxylic acids is 1. The zero-order chi connectivity index (χ0) is 23.4. The molecule has 1 amide bonds. The lowest BCUT2D eigenvalue weighted by atomic mass is 9.68. The fourth-order valence-corrected chi connectivity index (χ4v) is 5.32. The number of anilines is 1. The van der Waals surface area contributed by atoms with Crippen molar-refractivity contribution in [3.63, 3.8) is 0 Å². The van der Waals surface area contributed by atoms with E-state index in [0.717, 1.165) is 0 Å². The Morgan fingerprint density at radius 2 is 1.88 bits per heavy atom. The summed E-state index contributed by atoms with van der Waals surface area (Å²) >= 11 is 12.7. The Morgan fingerprint density at radius 1 is 1.16 bits per heavy atom. The summed E-state index contributed by atoms with van der Waals surface area (Å²) in [5, 5.41) is 10.6. The van der Waals surface area contributed by atoms with E-state index in [1.165, 1.54) is 17.9 Å². The molecule has 0 spiro atoms. The van der Waals surface area contributed by atoms with Crippen molar-refractivity contribution < 1.29 is 19.5 Å².